The quantitative estimate of drug-likeness (QED) is 0.655. The molecule has 0 spiro atoms. The van der Waals surface area contributed by atoms with E-state index in [4.69, 9.17) is 19.1 Å². The standard InChI is InChI=1S/C21H26N4O2S/c1-14-6-7-15(27-14)12-24(2)20-19-16-4-3-5-17(16)28-21(19)23-18(22-20)13-25-8-10-26-11-9-25/h6-7H,3-5,8-13H2,1-2H3. The zero-order valence-electron chi connectivity index (χ0n) is 16.5. The number of rotatable bonds is 5. The molecule has 7 heteroatoms. The lowest BCUT2D eigenvalue weighted by atomic mass is 10.2. The fourth-order valence-corrected chi connectivity index (χ4v) is 5.48. The van der Waals surface area contributed by atoms with Crippen LogP contribution in [0.25, 0.3) is 10.2 Å². The Labute approximate surface area is 169 Å². The summed E-state index contributed by atoms with van der Waals surface area (Å²) < 4.78 is 11.3. The average Bonchev–Trinajstić information content (AvgIpc) is 3.38. The predicted molar refractivity (Wildman–Crippen MR) is 111 cm³/mol. The highest BCUT2D eigenvalue weighted by molar-refractivity contribution is 7.19. The number of aromatic nitrogens is 2. The third-order valence-electron chi connectivity index (χ3n) is 5.61. The van der Waals surface area contributed by atoms with Gasteiger partial charge in [-0.1, -0.05) is 0 Å². The van der Waals surface area contributed by atoms with Crippen molar-refractivity contribution in [2.24, 2.45) is 0 Å². The van der Waals surface area contributed by atoms with Crippen molar-refractivity contribution in [2.45, 2.75) is 39.3 Å². The largest absolute Gasteiger partial charge is 0.464 e. The van der Waals surface area contributed by atoms with Gasteiger partial charge in [0.05, 0.1) is 31.7 Å². The minimum Gasteiger partial charge on any atom is -0.464 e. The maximum Gasteiger partial charge on any atom is 0.146 e. The number of ether oxygens (including phenoxy) is 1. The molecular formula is C21H26N4O2S. The average molecular weight is 399 g/mol. The molecule has 1 saturated heterocycles. The van der Waals surface area contributed by atoms with E-state index in [-0.39, 0.29) is 0 Å². The third-order valence-corrected chi connectivity index (χ3v) is 6.80. The molecule has 0 unspecified atom stereocenters. The molecule has 0 radical (unpaired) electrons. The molecule has 0 N–H and O–H groups in total. The summed E-state index contributed by atoms with van der Waals surface area (Å²) in [6.07, 6.45) is 3.56. The van der Waals surface area contributed by atoms with Crippen LogP contribution < -0.4 is 4.90 Å². The Kier molecular flexibility index (Phi) is 4.82. The first-order valence-electron chi connectivity index (χ1n) is 10.0. The molecule has 4 heterocycles. The maximum atomic E-state index is 5.81. The molecule has 148 valence electrons. The Hall–Kier alpha value is -1.96. The second kappa shape index (κ2) is 7.46. The second-order valence-corrected chi connectivity index (χ2v) is 8.84. The number of anilines is 1. The van der Waals surface area contributed by atoms with Gasteiger partial charge in [0.15, 0.2) is 0 Å². The Bertz CT molecular complexity index is 990. The summed E-state index contributed by atoms with van der Waals surface area (Å²) in [5.74, 6) is 3.86. The molecule has 5 rings (SSSR count). The first-order chi connectivity index (χ1) is 13.7. The number of aryl methyl sites for hydroxylation is 3. The van der Waals surface area contributed by atoms with Gasteiger partial charge in [-0.15, -0.1) is 11.3 Å². The highest BCUT2D eigenvalue weighted by atomic mass is 32.1. The van der Waals surface area contributed by atoms with Crippen molar-refractivity contribution >= 4 is 27.4 Å². The monoisotopic (exact) mass is 398 g/mol. The number of thiophene rings is 1. The number of hydrogen-bond acceptors (Lipinski definition) is 7. The Morgan fingerprint density at radius 1 is 1.18 bits per heavy atom. The van der Waals surface area contributed by atoms with Gasteiger partial charge in [0.1, 0.15) is 28.0 Å². The van der Waals surface area contributed by atoms with Crippen molar-refractivity contribution < 1.29 is 9.15 Å². The smallest absolute Gasteiger partial charge is 0.146 e. The van der Waals surface area contributed by atoms with Crippen molar-refractivity contribution in [3.8, 4) is 0 Å². The molecule has 0 atom stereocenters. The number of hydrogen-bond donors (Lipinski definition) is 0. The van der Waals surface area contributed by atoms with Gasteiger partial charge in [-0.3, -0.25) is 4.90 Å². The fraction of sp³-hybridized carbons (Fsp3) is 0.524. The summed E-state index contributed by atoms with van der Waals surface area (Å²) >= 11 is 1.86. The molecule has 0 aromatic carbocycles. The molecule has 6 nitrogen and oxygen atoms in total. The fourth-order valence-electron chi connectivity index (χ4n) is 4.20. The zero-order valence-corrected chi connectivity index (χ0v) is 17.3. The molecule has 28 heavy (non-hydrogen) atoms. The van der Waals surface area contributed by atoms with Crippen LogP contribution in [0.4, 0.5) is 5.82 Å². The molecule has 1 fully saturated rings. The van der Waals surface area contributed by atoms with Crippen molar-refractivity contribution in [1.29, 1.82) is 0 Å². The lowest BCUT2D eigenvalue weighted by Crippen LogP contribution is -2.36. The summed E-state index contributed by atoms with van der Waals surface area (Å²) in [5.41, 5.74) is 1.47. The van der Waals surface area contributed by atoms with Gasteiger partial charge < -0.3 is 14.1 Å². The summed E-state index contributed by atoms with van der Waals surface area (Å²) in [5, 5.41) is 1.26. The molecule has 0 saturated carbocycles. The van der Waals surface area contributed by atoms with E-state index in [2.05, 4.69) is 22.9 Å². The summed E-state index contributed by atoms with van der Waals surface area (Å²) in [7, 11) is 2.11. The van der Waals surface area contributed by atoms with Crippen LogP contribution in [0.1, 0.15) is 34.2 Å². The third kappa shape index (κ3) is 3.43. The van der Waals surface area contributed by atoms with Crippen molar-refractivity contribution in [1.82, 2.24) is 14.9 Å². The maximum absolute atomic E-state index is 5.81. The van der Waals surface area contributed by atoms with E-state index in [1.807, 2.05) is 24.3 Å². The number of fused-ring (bicyclic) bond motifs is 3. The molecule has 3 aromatic heterocycles. The van der Waals surface area contributed by atoms with E-state index in [9.17, 15) is 0 Å². The van der Waals surface area contributed by atoms with Crippen LogP contribution in [0.2, 0.25) is 0 Å². The van der Waals surface area contributed by atoms with Gasteiger partial charge in [0.2, 0.25) is 0 Å². The molecular weight excluding hydrogens is 372 g/mol. The van der Waals surface area contributed by atoms with E-state index in [0.29, 0.717) is 6.54 Å². The number of nitrogens with zero attached hydrogens (tertiary/aromatic N) is 4. The minimum absolute atomic E-state index is 0.710. The molecule has 0 amide bonds. The normalized spacial score (nSPS) is 17.4. The highest BCUT2D eigenvalue weighted by Gasteiger charge is 2.25. The molecule has 1 aliphatic carbocycles. The second-order valence-electron chi connectivity index (χ2n) is 7.76. The van der Waals surface area contributed by atoms with Crippen molar-refractivity contribution in [3.63, 3.8) is 0 Å². The van der Waals surface area contributed by atoms with Gasteiger partial charge >= 0.3 is 0 Å². The zero-order chi connectivity index (χ0) is 19.1. The van der Waals surface area contributed by atoms with E-state index in [1.165, 1.54) is 28.7 Å². The Morgan fingerprint density at radius 2 is 2.04 bits per heavy atom. The van der Waals surface area contributed by atoms with E-state index < -0.39 is 0 Å². The highest BCUT2D eigenvalue weighted by Crippen LogP contribution is 2.40. The number of furan rings is 1. The van der Waals surface area contributed by atoms with E-state index in [1.54, 1.807) is 0 Å². The molecule has 0 bridgehead atoms. The van der Waals surface area contributed by atoms with Gasteiger partial charge in [-0.2, -0.15) is 0 Å². The van der Waals surface area contributed by atoms with Crippen molar-refractivity contribution in [3.05, 3.63) is 39.9 Å². The Morgan fingerprint density at radius 3 is 2.82 bits per heavy atom. The predicted octanol–water partition coefficient (Wildman–Crippen LogP) is 3.55. The van der Waals surface area contributed by atoms with Crippen LogP contribution in [0, 0.1) is 6.92 Å². The van der Waals surface area contributed by atoms with E-state index in [0.717, 1.165) is 67.3 Å². The van der Waals surface area contributed by atoms with Gasteiger partial charge in [0.25, 0.3) is 0 Å². The topological polar surface area (TPSA) is 54.6 Å². The van der Waals surface area contributed by atoms with Crippen molar-refractivity contribution in [2.75, 3.05) is 38.3 Å². The van der Waals surface area contributed by atoms with Crippen LogP contribution in [0.15, 0.2) is 16.5 Å². The molecule has 2 aliphatic rings. The molecule has 1 aliphatic heterocycles. The van der Waals surface area contributed by atoms with Gasteiger partial charge in [-0.25, -0.2) is 9.97 Å². The SMILES string of the molecule is Cc1ccc(CN(C)c2nc(CN3CCOCC3)nc3sc4c(c23)CCC4)o1. The summed E-state index contributed by atoms with van der Waals surface area (Å²) in [6.45, 7) is 6.95. The van der Waals surface area contributed by atoms with Gasteiger partial charge in [0, 0.05) is 25.0 Å². The number of morpholine rings is 1. The lowest BCUT2D eigenvalue weighted by Gasteiger charge is -2.26. The van der Waals surface area contributed by atoms with E-state index >= 15 is 0 Å². The van der Waals surface area contributed by atoms with Crippen LogP contribution in [-0.2, 0) is 30.7 Å². The first-order valence-corrected chi connectivity index (χ1v) is 10.9. The first kappa shape index (κ1) is 18.1. The summed E-state index contributed by atoms with van der Waals surface area (Å²) in [4.78, 5) is 17.2. The summed E-state index contributed by atoms with van der Waals surface area (Å²) in [6, 6.07) is 4.07. The van der Waals surface area contributed by atoms with Crippen LogP contribution in [0.3, 0.4) is 0 Å². The van der Waals surface area contributed by atoms with Crippen LogP contribution in [0.5, 0.6) is 0 Å². The molecule has 3 aromatic rings. The Balaban J connectivity index is 1.52. The lowest BCUT2D eigenvalue weighted by molar-refractivity contribution is 0.0331. The van der Waals surface area contributed by atoms with Crippen LogP contribution >= 0.6 is 11.3 Å². The van der Waals surface area contributed by atoms with Crippen LogP contribution in [-0.4, -0.2) is 48.2 Å². The van der Waals surface area contributed by atoms with Gasteiger partial charge in [-0.05, 0) is 43.9 Å². The minimum atomic E-state index is 0.710.